The van der Waals surface area contributed by atoms with Gasteiger partial charge in [-0.05, 0) is 24.5 Å². The number of rotatable bonds is 2. The topological polar surface area (TPSA) is 82.1 Å². The average Bonchev–Trinajstić information content (AvgIpc) is 2.41. The third-order valence-electron chi connectivity index (χ3n) is 3.66. The molecular formula is C13H17F2N3O2. The molecule has 1 aromatic rings. The molecule has 4 N–H and O–H groups in total. The zero-order valence-electron chi connectivity index (χ0n) is 11.1. The fourth-order valence-corrected chi connectivity index (χ4v) is 2.33. The number of aliphatic hydroxyl groups excluding tert-OH is 1. The lowest BCUT2D eigenvalue weighted by Gasteiger charge is -2.36. The van der Waals surface area contributed by atoms with Gasteiger partial charge in [0, 0.05) is 18.7 Å². The van der Waals surface area contributed by atoms with Crippen LogP contribution in [-0.2, 0) is 0 Å². The molecule has 0 spiro atoms. The van der Waals surface area contributed by atoms with Crippen molar-refractivity contribution in [3.8, 4) is 0 Å². The van der Waals surface area contributed by atoms with Crippen LogP contribution in [0.2, 0.25) is 0 Å². The molecule has 2 rings (SSSR count). The van der Waals surface area contributed by atoms with Gasteiger partial charge in [0.05, 0.1) is 6.10 Å². The van der Waals surface area contributed by atoms with E-state index in [-0.39, 0.29) is 29.5 Å². The lowest BCUT2D eigenvalue weighted by molar-refractivity contribution is 0.102. The first kappa shape index (κ1) is 14.5. The highest BCUT2D eigenvalue weighted by atomic mass is 19.1. The molecule has 0 saturated carbocycles. The van der Waals surface area contributed by atoms with Crippen LogP contribution in [0.3, 0.4) is 0 Å². The Morgan fingerprint density at radius 3 is 2.50 bits per heavy atom. The van der Waals surface area contributed by atoms with E-state index >= 15 is 0 Å². The Morgan fingerprint density at radius 1 is 1.40 bits per heavy atom. The van der Waals surface area contributed by atoms with Gasteiger partial charge in [-0.25, -0.2) is 8.78 Å². The van der Waals surface area contributed by atoms with E-state index in [1.807, 2.05) is 6.92 Å². The summed E-state index contributed by atoms with van der Waals surface area (Å²) in [5.41, 5.74) is 5.09. The Morgan fingerprint density at radius 2 is 2.00 bits per heavy atom. The minimum atomic E-state index is -0.798. The summed E-state index contributed by atoms with van der Waals surface area (Å²) >= 11 is 0. The number of nitrogens with two attached hydrogens (primary N) is 1. The van der Waals surface area contributed by atoms with Crippen LogP contribution < -0.4 is 10.6 Å². The van der Waals surface area contributed by atoms with Crippen LogP contribution in [0.15, 0.2) is 17.3 Å². The summed E-state index contributed by atoms with van der Waals surface area (Å²) in [5.74, 6) is -1.85. The van der Waals surface area contributed by atoms with Gasteiger partial charge in [0.1, 0.15) is 17.3 Å². The Kier molecular flexibility index (Phi) is 4.08. The molecule has 1 aromatic carbocycles. The van der Waals surface area contributed by atoms with E-state index in [9.17, 15) is 13.9 Å². The molecule has 0 aliphatic carbocycles. The average molecular weight is 285 g/mol. The highest BCUT2D eigenvalue weighted by Gasteiger charge is 2.28. The zero-order chi connectivity index (χ0) is 14.9. The Bertz CT molecular complexity index is 513. The van der Waals surface area contributed by atoms with Gasteiger partial charge in [0.2, 0.25) is 0 Å². The number of hydrogen-bond donors (Lipinski definition) is 3. The summed E-state index contributed by atoms with van der Waals surface area (Å²) in [6.45, 7) is 2.54. The maximum absolute atomic E-state index is 14.1. The minimum Gasteiger partial charge on any atom is -0.409 e. The SMILES string of the molecule is CC1CCN(c2c(F)cc(C(N)=NO)cc2F)CC1O. The van der Waals surface area contributed by atoms with Crippen molar-refractivity contribution in [3.63, 3.8) is 0 Å². The summed E-state index contributed by atoms with van der Waals surface area (Å²) in [6, 6.07) is 2.02. The van der Waals surface area contributed by atoms with Gasteiger partial charge in [-0.15, -0.1) is 0 Å². The molecule has 1 fully saturated rings. The molecule has 1 heterocycles. The second kappa shape index (κ2) is 5.62. The molecule has 1 aliphatic rings. The maximum Gasteiger partial charge on any atom is 0.170 e. The number of halogens is 2. The summed E-state index contributed by atoms with van der Waals surface area (Å²) < 4.78 is 28.1. The third kappa shape index (κ3) is 2.67. The van der Waals surface area contributed by atoms with Crippen LogP contribution in [-0.4, -0.2) is 35.3 Å². The van der Waals surface area contributed by atoms with Crippen molar-refractivity contribution >= 4 is 11.5 Å². The highest BCUT2D eigenvalue weighted by molar-refractivity contribution is 5.97. The molecule has 1 saturated heterocycles. The first-order valence-corrected chi connectivity index (χ1v) is 6.34. The number of anilines is 1. The van der Waals surface area contributed by atoms with Crippen molar-refractivity contribution in [2.45, 2.75) is 19.4 Å². The van der Waals surface area contributed by atoms with Crippen LogP contribution >= 0.6 is 0 Å². The van der Waals surface area contributed by atoms with Gasteiger partial charge >= 0.3 is 0 Å². The second-order valence-electron chi connectivity index (χ2n) is 5.05. The second-order valence-corrected chi connectivity index (χ2v) is 5.05. The fraction of sp³-hybridized carbons (Fsp3) is 0.462. The molecule has 0 radical (unpaired) electrons. The Balaban J connectivity index is 2.34. The smallest absolute Gasteiger partial charge is 0.170 e. The predicted octanol–water partition coefficient (Wildman–Crippen LogP) is 1.27. The molecule has 2 unspecified atom stereocenters. The highest BCUT2D eigenvalue weighted by Crippen LogP contribution is 2.29. The largest absolute Gasteiger partial charge is 0.409 e. The number of piperidine rings is 1. The van der Waals surface area contributed by atoms with E-state index in [1.165, 1.54) is 4.90 Å². The molecule has 110 valence electrons. The quantitative estimate of drug-likeness (QED) is 0.331. The molecule has 7 heteroatoms. The van der Waals surface area contributed by atoms with Gasteiger partial charge in [0.15, 0.2) is 5.84 Å². The molecule has 0 aromatic heterocycles. The predicted molar refractivity (Wildman–Crippen MR) is 70.9 cm³/mol. The van der Waals surface area contributed by atoms with Crippen molar-refractivity contribution in [2.75, 3.05) is 18.0 Å². The van der Waals surface area contributed by atoms with Crippen molar-refractivity contribution < 1.29 is 19.1 Å². The lowest BCUT2D eigenvalue weighted by atomic mass is 9.95. The van der Waals surface area contributed by atoms with Crippen molar-refractivity contribution in [2.24, 2.45) is 16.8 Å². The van der Waals surface area contributed by atoms with Crippen LogP contribution in [0.4, 0.5) is 14.5 Å². The number of aliphatic hydroxyl groups is 1. The van der Waals surface area contributed by atoms with Crippen molar-refractivity contribution in [3.05, 3.63) is 29.3 Å². The standard InChI is InChI=1S/C13H17F2N3O2/c1-7-2-3-18(6-11(7)19)12-9(14)4-8(5-10(12)15)13(16)17-20/h4-5,7,11,19-20H,2-3,6H2,1H3,(H2,16,17). The van der Waals surface area contributed by atoms with E-state index in [4.69, 9.17) is 10.9 Å². The van der Waals surface area contributed by atoms with E-state index in [0.29, 0.717) is 13.0 Å². The molecule has 5 nitrogen and oxygen atoms in total. The van der Waals surface area contributed by atoms with Crippen LogP contribution in [0, 0.1) is 17.6 Å². The van der Waals surface area contributed by atoms with Gasteiger partial charge < -0.3 is 20.9 Å². The van der Waals surface area contributed by atoms with Crippen molar-refractivity contribution in [1.29, 1.82) is 0 Å². The summed E-state index contributed by atoms with van der Waals surface area (Å²) in [7, 11) is 0. The molecule has 0 bridgehead atoms. The first-order chi connectivity index (χ1) is 9.43. The van der Waals surface area contributed by atoms with E-state index in [1.54, 1.807) is 0 Å². The van der Waals surface area contributed by atoms with Crippen LogP contribution in [0.1, 0.15) is 18.9 Å². The number of amidine groups is 1. The zero-order valence-corrected chi connectivity index (χ0v) is 11.1. The van der Waals surface area contributed by atoms with Gasteiger partial charge in [-0.1, -0.05) is 12.1 Å². The molecular weight excluding hydrogens is 268 g/mol. The number of oxime groups is 1. The Labute approximate surface area is 115 Å². The summed E-state index contributed by atoms with van der Waals surface area (Å²) in [4.78, 5) is 1.48. The van der Waals surface area contributed by atoms with Crippen molar-refractivity contribution in [1.82, 2.24) is 0 Å². The number of nitrogens with zero attached hydrogens (tertiary/aromatic N) is 2. The number of benzene rings is 1. The minimum absolute atomic E-state index is 0.0304. The molecule has 0 amide bonds. The summed E-state index contributed by atoms with van der Waals surface area (Å²) in [5, 5.41) is 21.1. The first-order valence-electron chi connectivity index (χ1n) is 6.34. The van der Waals surface area contributed by atoms with Gasteiger partial charge in [-0.3, -0.25) is 0 Å². The van der Waals surface area contributed by atoms with Crippen LogP contribution in [0.25, 0.3) is 0 Å². The van der Waals surface area contributed by atoms with E-state index < -0.39 is 17.7 Å². The van der Waals surface area contributed by atoms with Gasteiger partial charge in [-0.2, -0.15) is 0 Å². The molecule has 2 atom stereocenters. The Hall–Kier alpha value is -1.89. The van der Waals surface area contributed by atoms with E-state index in [0.717, 1.165) is 12.1 Å². The van der Waals surface area contributed by atoms with Crippen LogP contribution in [0.5, 0.6) is 0 Å². The summed E-state index contributed by atoms with van der Waals surface area (Å²) in [6.07, 6.45) is 0.0356. The molecule has 1 aliphatic heterocycles. The van der Waals surface area contributed by atoms with E-state index in [2.05, 4.69) is 5.16 Å². The number of hydrogen-bond acceptors (Lipinski definition) is 4. The van der Waals surface area contributed by atoms with Gasteiger partial charge in [0.25, 0.3) is 0 Å². The number of β-amino-alcohol motifs (C(OH)–C–C–N with tert-alkyl or cyclic N) is 1. The lowest BCUT2D eigenvalue weighted by Crippen LogP contribution is -2.43. The molecule has 20 heavy (non-hydrogen) atoms. The monoisotopic (exact) mass is 285 g/mol. The fourth-order valence-electron chi connectivity index (χ4n) is 2.33. The maximum atomic E-state index is 14.1. The normalized spacial score (nSPS) is 24.0. The third-order valence-corrected chi connectivity index (χ3v) is 3.66.